The number of nitrogens with one attached hydrogen (secondary N) is 1. The maximum Gasteiger partial charge on any atom is 0.0849 e. The molecule has 0 aromatic heterocycles. The Labute approximate surface area is 107 Å². The summed E-state index contributed by atoms with van der Waals surface area (Å²) in [5, 5.41) is 14.1. The first-order valence-electron chi connectivity index (χ1n) is 5.67. The smallest absolute Gasteiger partial charge is 0.0849 e. The van der Waals surface area contributed by atoms with Crippen LogP contribution in [0.15, 0.2) is 12.7 Å². The molecule has 0 bridgehead atoms. The molecular weight excluding hydrogens is 301 g/mol. The van der Waals surface area contributed by atoms with Gasteiger partial charge in [-0.1, -0.05) is 42.5 Å². The van der Waals surface area contributed by atoms with Gasteiger partial charge in [-0.25, -0.2) is 0 Å². The number of alkyl halides is 1. The van der Waals surface area contributed by atoms with Gasteiger partial charge < -0.3 is 10.4 Å². The third-order valence-corrected chi connectivity index (χ3v) is 4.14. The minimum atomic E-state index is -0.568. The minimum Gasteiger partial charge on any atom is -0.388 e. The zero-order valence-corrected chi connectivity index (χ0v) is 11.8. The van der Waals surface area contributed by atoms with Crippen LogP contribution < -0.4 is 5.32 Å². The first kappa shape index (κ1) is 13.5. The largest absolute Gasteiger partial charge is 0.388 e. The minimum absolute atomic E-state index is 0.232. The van der Waals surface area contributed by atoms with Gasteiger partial charge in [0.1, 0.15) is 0 Å². The standard InChI is InChI=1S/C12H22INO/c1-4-5-12(15)7-10(8-13)14-11(12)6-9(2)3/h4,9-11,14-15H,1,5-8H2,2-3H3/t10-,11+,12+/m1/s1. The lowest BCUT2D eigenvalue weighted by Crippen LogP contribution is -2.43. The van der Waals surface area contributed by atoms with Gasteiger partial charge in [0, 0.05) is 16.5 Å². The van der Waals surface area contributed by atoms with Crippen LogP contribution in [0.4, 0.5) is 0 Å². The van der Waals surface area contributed by atoms with Crippen LogP contribution in [0.25, 0.3) is 0 Å². The van der Waals surface area contributed by atoms with E-state index in [1.54, 1.807) is 0 Å². The van der Waals surface area contributed by atoms with Gasteiger partial charge >= 0.3 is 0 Å². The maximum atomic E-state index is 10.6. The maximum absolute atomic E-state index is 10.6. The van der Waals surface area contributed by atoms with Crippen molar-refractivity contribution in [2.24, 2.45) is 5.92 Å². The molecule has 0 unspecified atom stereocenters. The molecule has 0 saturated carbocycles. The van der Waals surface area contributed by atoms with Crippen LogP contribution in [0.3, 0.4) is 0 Å². The molecule has 0 spiro atoms. The number of halogens is 1. The summed E-state index contributed by atoms with van der Waals surface area (Å²) in [5.41, 5.74) is -0.568. The molecule has 2 N–H and O–H groups in total. The van der Waals surface area contributed by atoms with E-state index in [-0.39, 0.29) is 6.04 Å². The Bertz CT molecular complexity index is 220. The van der Waals surface area contributed by atoms with E-state index in [9.17, 15) is 5.11 Å². The molecule has 0 aromatic rings. The number of hydrogen-bond acceptors (Lipinski definition) is 2. The van der Waals surface area contributed by atoms with Gasteiger partial charge in [0.2, 0.25) is 0 Å². The van der Waals surface area contributed by atoms with Gasteiger partial charge in [-0.3, -0.25) is 0 Å². The van der Waals surface area contributed by atoms with E-state index in [1.807, 2.05) is 6.08 Å². The molecule has 3 atom stereocenters. The normalized spacial score (nSPS) is 36.1. The van der Waals surface area contributed by atoms with Crippen molar-refractivity contribution >= 4 is 22.6 Å². The van der Waals surface area contributed by atoms with Gasteiger partial charge in [0.15, 0.2) is 0 Å². The second-order valence-corrected chi connectivity index (χ2v) is 5.88. The molecule has 1 aliphatic heterocycles. The number of hydrogen-bond donors (Lipinski definition) is 2. The summed E-state index contributed by atoms with van der Waals surface area (Å²) < 4.78 is 1.06. The summed E-state index contributed by atoms with van der Waals surface area (Å²) in [6.45, 7) is 8.15. The number of rotatable bonds is 5. The Kier molecular flexibility index (Phi) is 5.06. The second-order valence-electron chi connectivity index (χ2n) is 5.00. The highest BCUT2D eigenvalue weighted by Gasteiger charge is 2.44. The first-order chi connectivity index (χ1) is 7.01. The highest BCUT2D eigenvalue weighted by Crippen LogP contribution is 2.33. The molecule has 1 rings (SSSR count). The average Bonchev–Trinajstić information content (AvgIpc) is 2.43. The van der Waals surface area contributed by atoms with Crippen LogP contribution in [0.2, 0.25) is 0 Å². The van der Waals surface area contributed by atoms with Crippen molar-refractivity contribution in [2.75, 3.05) is 4.43 Å². The van der Waals surface area contributed by atoms with E-state index in [1.165, 1.54) is 0 Å². The molecule has 3 heteroatoms. The Morgan fingerprint density at radius 1 is 1.67 bits per heavy atom. The monoisotopic (exact) mass is 323 g/mol. The van der Waals surface area contributed by atoms with Gasteiger partial charge in [-0.15, -0.1) is 6.58 Å². The SMILES string of the molecule is C=CC[C@]1(O)C[C@H](CI)N[C@H]1CC(C)C. The van der Waals surface area contributed by atoms with E-state index in [2.05, 4.69) is 48.3 Å². The molecule has 0 aliphatic carbocycles. The summed E-state index contributed by atoms with van der Waals surface area (Å²) in [6, 6.07) is 0.689. The third kappa shape index (κ3) is 3.43. The van der Waals surface area contributed by atoms with Crippen molar-refractivity contribution in [3.05, 3.63) is 12.7 Å². The predicted molar refractivity (Wildman–Crippen MR) is 73.4 cm³/mol. The molecule has 1 saturated heterocycles. The van der Waals surface area contributed by atoms with E-state index >= 15 is 0 Å². The summed E-state index contributed by atoms with van der Waals surface area (Å²) in [6.07, 6.45) is 4.44. The topological polar surface area (TPSA) is 32.3 Å². The van der Waals surface area contributed by atoms with Crippen molar-refractivity contribution in [2.45, 2.75) is 50.8 Å². The van der Waals surface area contributed by atoms with Gasteiger partial charge in [0.25, 0.3) is 0 Å². The molecule has 1 heterocycles. The van der Waals surface area contributed by atoms with Gasteiger partial charge in [-0.05, 0) is 25.2 Å². The van der Waals surface area contributed by atoms with Gasteiger partial charge in [-0.2, -0.15) is 0 Å². The summed E-state index contributed by atoms with van der Waals surface area (Å²) >= 11 is 2.38. The van der Waals surface area contributed by atoms with Crippen LogP contribution in [0, 0.1) is 5.92 Å². The molecule has 88 valence electrons. The van der Waals surface area contributed by atoms with Crippen LogP contribution in [0.5, 0.6) is 0 Å². The van der Waals surface area contributed by atoms with Crippen LogP contribution in [0.1, 0.15) is 33.1 Å². The van der Waals surface area contributed by atoms with Crippen molar-refractivity contribution < 1.29 is 5.11 Å². The van der Waals surface area contributed by atoms with Crippen LogP contribution in [-0.4, -0.2) is 27.2 Å². The highest BCUT2D eigenvalue weighted by molar-refractivity contribution is 14.1. The lowest BCUT2D eigenvalue weighted by atomic mass is 9.85. The molecular formula is C12H22INO. The molecule has 15 heavy (non-hydrogen) atoms. The summed E-state index contributed by atoms with van der Waals surface area (Å²) in [7, 11) is 0. The van der Waals surface area contributed by atoms with Crippen molar-refractivity contribution in [3.8, 4) is 0 Å². The molecule has 0 radical (unpaired) electrons. The molecule has 1 fully saturated rings. The zero-order valence-electron chi connectivity index (χ0n) is 9.67. The molecule has 1 aliphatic rings. The van der Waals surface area contributed by atoms with E-state index in [0.29, 0.717) is 18.4 Å². The lowest BCUT2D eigenvalue weighted by Gasteiger charge is -2.29. The van der Waals surface area contributed by atoms with Gasteiger partial charge in [0.05, 0.1) is 5.60 Å². The Hall–Kier alpha value is 0.390. The first-order valence-corrected chi connectivity index (χ1v) is 7.19. The lowest BCUT2D eigenvalue weighted by molar-refractivity contribution is 0.0236. The van der Waals surface area contributed by atoms with Crippen molar-refractivity contribution in [1.29, 1.82) is 0 Å². The van der Waals surface area contributed by atoms with E-state index in [0.717, 1.165) is 17.3 Å². The Morgan fingerprint density at radius 2 is 2.33 bits per heavy atom. The van der Waals surface area contributed by atoms with Crippen LogP contribution in [-0.2, 0) is 0 Å². The fourth-order valence-corrected chi connectivity index (χ4v) is 2.97. The molecule has 0 amide bonds. The van der Waals surface area contributed by atoms with Crippen molar-refractivity contribution in [3.63, 3.8) is 0 Å². The summed E-state index contributed by atoms with van der Waals surface area (Å²) in [4.78, 5) is 0. The Morgan fingerprint density at radius 3 is 2.80 bits per heavy atom. The second kappa shape index (κ2) is 5.64. The average molecular weight is 323 g/mol. The Balaban J connectivity index is 2.68. The molecule has 2 nitrogen and oxygen atoms in total. The third-order valence-electron chi connectivity index (χ3n) is 3.08. The van der Waals surface area contributed by atoms with Crippen LogP contribution >= 0.6 is 22.6 Å². The quantitative estimate of drug-likeness (QED) is 0.463. The highest BCUT2D eigenvalue weighted by atomic mass is 127. The van der Waals surface area contributed by atoms with Crippen molar-refractivity contribution in [1.82, 2.24) is 5.32 Å². The number of aliphatic hydroxyl groups is 1. The van der Waals surface area contributed by atoms with E-state index in [4.69, 9.17) is 0 Å². The molecule has 0 aromatic carbocycles. The fourth-order valence-electron chi connectivity index (χ4n) is 2.40. The zero-order chi connectivity index (χ0) is 11.5. The summed E-state index contributed by atoms with van der Waals surface area (Å²) in [5.74, 6) is 0.617. The van der Waals surface area contributed by atoms with E-state index < -0.39 is 5.60 Å². The predicted octanol–water partition coefficient (Wildman–Crippen LogP) is 2.51. The fraction of sp³-hybridized carbons (Fsp3) is 0.833.